The average Bonchev–Trinajstić information content (AvgIpc) is 2.38. The van der Waals surface area contributed by atoms with Gasteiger partial charge in [-0.1, -0.05) is 36.4 Å². The van der Waals surface area contributed by atoms with Crippen molar-refractivity contribution < 1.29 is 13.2 Å². The molecule has 0 bridgehead atoms. The van der Waals surface area contributed by atoms with E-state index in [9.17, 15) is 13.2 Å². The van der Waals surface area contributed by atoms with E-state index in [1.165, 1.54) is 12.1 Å². The van der Waals surface area contributed by atoms with Crippen LogP contribution in [0.15, 0.2) is 57.5 Å². The van der Waals surface area contributed by atoms with Gasteiger partial charge in [-0.15, -0.1) is 0 Å². The van der Waals surface area contributed by atoms with Crippen LogP contribution in [0.1, 0.15) is 11.6 Å². The Kier molecular flexibility index (Phi) is 4.75. The fourth-order valence-electron chi connectivity index (χ4n) is 1.78. The first-order valence-electron chi connectivity index (χ1n) is 5.72. The SMILES string of the molecule is FC(F)(F)C(Nc1c(Br)cccc1Br)c1ccccc1. The Labute approximate surface area is 131 Å². The molecule has 1 atom stereocenters. The number of hydrogen-bond donors (Lipinski definition) is 1. The van der Waals surface area contributed by atoms with Gasteiger partial charge in [0.05, 0.1) is 5.69 Å². The summed E-state index contributed by atoms with van der Waals surface area (Å²) in [6.07, 6.45) is -4.39. The Bertz CT molecular complexity index is 564. The molecular formula is C14H10Br2F3N. The molecule has 0 aliphatic rings. The van der Waals surface area contributed by atoms with Crippen LogP contribution in [-0.4, -0.2) is 6.18 Å². The number of benzene rings is 2. The predicted molar refractivity (Wildman–Crippen MR) is 80.7 cm³/mol. The fourth-order valence-corrected chi connectivity index (χ4v) is 3.01. The molecule has 20 heavy (non-hydrogen) atoms. The molecule has 0 spiro atoms. The standard InChI is InChI=1S/C14H10Br2F3N/c15-10-7-4-8-11(16)12(10)20-13(14(17,18)19)9-5-2-1-3-6-9/h1-8,13,20H. The highest BCUT2D eigenvalue weighted by molar-refractivity contribution is 9.11. The topological polar surface area (TPSA) is 12.0 Å². The lowest BCUT2D eigenvalue weighted by Gasteiger charge is -2.24. The number of alkyl halides is 3. The third-order valence-corrected chi connectivity index (χ3v) is 4.03. The lowest BCUT2D eigenvalue weighted by molar-refractivity contribution is -0.144. The van der Waals surface area contributed by atoms with E-state index in [2.05, 4.69) is 37.2 Å². The van der Waals surface area contributed by atoms with Gasteiger partial charge in [0, 0.05) is 8.95 Å². The monoisotopic (exact) mass is 407 g/mol. The number of para-hydroxylation sites is 1. The fraction of sp³-hybridized carbons (Fsp3) is 0.143. The molecule has 0 aliphatic heterocycles. The molecule has 0 heterocycles. The molecule has 1 unspecified atom stereocenters. The molecular weight excluding hydrogens is 399 g/mol. The predicted octanol–water partition coefficient (Wildman–Crippen LogP) is 5.93. The maximum absolute atomic E-state index is 13.3. The lowest BCUT2D eigenvalue weighted by atomic mass is 10.1. The quantitative estimate of drug-likeness (QED) is 0.663. The molecule has 2 aromatic carbocycles. The summed E-state index contributed by atoms with van der Waals surface area (Å²) < 4.78 is 40.9. The molecule has 1 nitrogen and oxygen atoms in total. The van der Waals surface area contributed by atoms with Crippen molar-refractivity contribution >= 4 is 37.5 Å². The van der Waals surface area contributed by atoms with E-state index >= 15 is 0 Å². The van der Waals surface area contributed by atoms with Gasteiger partial charge < -0.3 is 5.32 Å². The van der Waals surface area contributed by atoms with Gasteiger partial charge in [0.15, 0.2) is 0 Å². The molecule has 0 aliphatic carbocycles. The van der Waals surface area contributed by atoms with Crippen LogP contribution < -0.4 is 5.32 Å². The first-order valence-corrected chi connectivity index (χ1v) is 7.30. The summed E-state index contributed by atoms with van der Waals surface area (Å²) >= 11 is 6.51. The van der Waals surface area contributed by atoms with Crippen molar-refractivity contribution in [2.24, 2.45) is 0 Å². The minimum Gasteiger partial charge on any atom is -0.369 e. The molecule has 0 radical (unpaired) electrons. The Morgan fingerprint density at radius 2 is 1.40 bits per heavy atom. The van der Waals surface area contributed by atoms with E-state index in [4.69, 9.17) is 0 Å². The third kappa shape index (κ3) is 3.55. The first kappa shape index (κ1) is 15.4. The smallest absolute Gasteiger partial charge is 0.369 e. The number of halogens is 5. The lowest BCUT2D eigenvalue weighted by Crippen LogP contribution is -2.28. The molecule has 2 aromatic rings. The molecule has 2 rings (SSSR count). The summed E-state index contributed by atoms with van der Waals surface area (Å²) in [6.45, 7) is 0. The van der Waals surface area contributed by atoms with Crippen LogP contribution in [0.2, 0.25) is 0 Å². The van der Waals surface area contributed by atoms with Gasteiger partial charge in [-0.25, -0.2) is 0 Å². The highest BCUT2D eigenvalue weighted by Gasteiger charge is 2.41. The zero-order chi connectivity index (χ0) is 14.8. The number of hydrogen-bond acceptors (Lipinski definition) is 1. The molecule has 0 aromatic heterocycles. The molecule has 0 saturated heterocycles. The van der Waals surface area contributed by atoms with Crippen LogP contribution >= 0.6 is 31.9 Å². The van der Waals surface area contributed by atoms with Crippen LogP contribution in [0.4, 0.5) is 18.9 Å². The molecule has 106 valence electrons. The van der Waals surface area contributed by atoms with Crippen molar-refractivity contribution in [2.45, 2.75) is 12.2 Å². The van der Waals surface area contributed by atoms with Gasteiger partial charge in [-0.3, -0.25) is 0 Å². The van der Waals surface area contributed by atoms with Crippen molar-refractivity contribution in [3.05, 3.63) is 63.0 Å². The molecule has 0 saturated carbocycles. The molecule has 6 heteroatoms. The van der Waals surface area contributed by atoms with Crippen LogP contribution in [0.5, 0.6) is 0 Å². The molecule has 0 fully saturated rings. The summed E-state index contributed by atoms with van der Waals surface area (Å²) in [5.41, 5.74) is 0.543. The highest BCUT2D eigenvalue weighted by atomic mass is 79.9. The van der Waals surface area contributed by atoms with Crippen LogP contribution in [0.25, 0.3) is 0 Å². The van der Waals surface area contributed by atoms with Crippen molar-refractivity contribution in [1.82, 2.24) is 0 Å². The van der Waals surface area contributed by atoms with Gasteiger partial charge in [0.1, 0.15) is 6.04 Å². The summed E-state index contributed by atoms with van der Waals surface area (Å²) in [5, 5.41) is 2.55. The van der Waals surface area contributed by atoms with Gasteiger partial charge in [0.2, 0.25) is 0 Å². The Morgan fingerprint density at radius 1 is 0.850 bits per heavy atom. The summed E-state index contributed by atoms with van der Waals surface area (Å²) in [4.78, 5) is 0. The summed E-state index contributed by atoms with van der Waals surface area (Å²) in [7, 11) is 0. The minimum atomic E-state index is -4.39. The van der Waals surface area contributed by atoms with Crippen molar-refractivity contribution in [3.63, 3.8) is 0 Å². The van der Waals surface area contributed by atoms with Gasteiger partial charge in [-0.05, 0) is 49.6 Å². The van der Waals surface area contributed by atoms with E-state index in [-0.39, 0.29) is 5.56 Å². The molecule has 1 N–H and O–H groups in total. The normalized spacial score (nSPS) is 13.1. The zero-order valence-electron chi connectivity index (χ0n) is 10.1. The maximum atomic E-state index is 13.3. The van der Waals surface area contributed by atoms with Crippen molar-refractivity contribution in [2.75, 3.05) is 5.32 Å². The van der Waals surface area contributed by atoms with Crippen molar-refractivity contribution in [3.8, 4) is 0 Å². The second-order valence-corrected chi connectivity index (χ2v) is 5.83. The average molecular weight is 409 g/mol. The van der Waals surface area contributed by atoms with E-state index in [1.807, 2.05) is 0 Å². The Morgan fingerprint density at radius 3 is 1.90 bits per heavy atom. The van der Waals surface area contributed by atoms with E-state index in [0.29, 0.717) is 14.6 Å². The number of nitrogens with one attached hydrogen (secondary N) is 1. The van der Waals surface area contributed by atoms with Crippen LogP contribution in [0, 0.1) is 0 Å². The second kappa shape index (κ2) is 6.18. The highest BCUT2D eigenvalue weighted by Crippen LogP contribution is 2.39. The largest absolute Gasteiger partial charge is 0.412 e. The van der Waals surface area contributed by atoms with E-state index < -0.39 is 12.2 Å². The second-order valence-electron chi connectivity index (χ2n) is 4.13. The Hall–Kier alpha value is -1.01. The summed E-state index contributed by atoms with van der Waals surface area (Å²) in [5.74, 6) is 0. The van der Waals surface area contributed by atoms with Crippen molar-refractivity contribution in [1.29, 1.82) is 0 Å². The zero-order valence-corrected chi connectivity index (χ0v) is 13.3. The Balaban J connectivity index is 2.40. The summed E-state index contributed by atoms with van der Waals surface area (Å²) in [6, 6.07) is 11.1. The van der Waals surface area contributed by atoms with Gasteiger partial charge in [0.25, 0.3) is 0 Å². The van der Waals surface area contributed by atoms with Gasteiger partial charge in [-0.2, -0.15) is 13.2 Å². The van der Waals surface area contributed by atoms with Crippen LogP contribution in [-0.2, 0) is 0 Å². The van der Waals surface area contributed by atoms with E-state index in [1.54, 1.807) is 36.4 Å². The maximum Gasteiger partial charge on any atom is 0.412 e. The minimum absolute atomic E-state index is 0.169. The van der Waals surface area contributed by atoms with E-state index in [0.717, 1.165) is 0 Å². The third-order valence-electron chi connectivity index (χ3n) is 2.71. The van der Waals surface area contributed by atoms with Crippen LogP contribution in [0.3, 0.4) is 0 Å². The number of anilines is 1. The first-order chi connectivity index (χ1) is 9.39. The number of rotatable bonds is 3. The molecule has 0 amide bonds. The van der Waals surface area contributed by atoms with Gasteiger partial charge >= 0.3 is 6.18 Å².